The van der Waals surface area contributed by atoms with Crippen LogP contribution in [-0.4, -0.2) is 4.98 Å². The van der Waals surface area contributed by atoms with Gasteiger partial charge in [0.2, 0.25) is 0 Å². The largest absolute Gasteiger partial charge is 0.273 e. The molecule has 1 heterocycles. The number of hydrogen-bond acceptors (Lipinski definition) is 1. The highest BCUT2D eigenvalue weighted by Crippen LogP contribution is 2.32. The van der Waals surface area contributed by atoms with Crippen LogP contribution in [0.3, 0.4) is 0 Å². The van der Waals surface area contributed by atoms with Crippen molar-refractivity contribution in [1.29, 1.82) is 0 Å². The highest BCUT2D eigenvalue weighted by molar-refractivity contribution is 5.15. The lowest BCUT2D eigenvalue weighted by molar-refractivity contribution is -0.0154. The van der Waals surface area contributed by atoms with Gasteiger partial charge in [0.1, 0.15) is 0 Å². The maximum Gasteiger partial charge on any atom is 0.273 e. The predicted molar refractivity (Wildman–Crippen MR) is 47.7 cm³/mol. The zero-order chi connectivity index (χ0) is 9.73. The van der Waals surface area contributed by atoms with Gasteiger partial charge in [0.25, 0.3) is 5.92 Å². The Kier molecular flexibility index (Phi) is 3.34. The molecule has 0 bridgehead atoms. The Hall–Kier alpha value is -0.990. The maximum atomic E-state index is 13.3. The van der Waals surface area contributed by atoms with E-state index in [1.54, 1.807) is 0 Å². The molecule has 0 unspecified atom stereocenters. The molecule has 13 heavy (non-hydrogen) atoms. The third-order valence-corrected chi connectivity index (χ3v) is 1.95. The summed E-state index contributed by atoms with van der Waals surface area (Å²) in [5, 5.41) is 0. The van der Waals surface area contributed by atoms with Gasteiger partial charge in [-0.1, -0.05) is 13.3 Å². The van der Waals surface area contributed by atoms with Crippen molar-refractivity contribution in [3.05, 3.63) is 30.1 Å². The highest BCUT2D eigenvalue weighted by atomic mass is 19.3. The summed E-state index contributed by atoms with van der Waals surface area (Å²) in [6.07, 6.45) is 4.06. The molecule has 1 rings (SSSR count). The molecular weight excluding hydrogens is 172 g/mol. The molecule has 0 atom stereocenters. The summed E-state index contributed by atoms with van der Waals surface area (Å²) in [6, 6.07) is 2.74. The van der Waals surface area contributed by atoms with Crippen molar-refractivity contribution in [2.75, 3.05) is 0 Å². The van der Waals surface area contributed by atoms with Gasteiger partial charge in [-0.15, -0.1) is 0 Å². The fraction of sp³-hybridized carbons (Fsp3) is 0.500. The average molecular weight is 185 g/mol. The Morgan fingerprint density at radius 3 is 2.46 bits per heavy atom. The lowest BCUT2D eigenvalue weighted by Crippen LogP contribution is -2.12. The summed E-state index contributed by atoms with van der Waals surface area (Å²) >= 11 is 0. The Balaban J connectivity index is 2.69. The second kappa shape index (κ2) is 4.30. The van der Waals surface area contributed by atoms with Crippen molar-refractivity contribution in [2.24, 2.45) is 0 Å². The van der Waals surface area contributed by atoms with E-state index in [0.717, 1.165) is 6.42 Å². The average Bonchev–Trinajstić information content (AvgIpc) is 2.16. The summed E-state index contributed by atoms with van der Waals surface area (Å²) in [5.74, 6) is -2.70. The molecule has 1 nitrogen and oxygen atoms in total. The number of rotatable bonds is 4. The number of hydrogen-bond donors (Lipinski definition) is 0. The van der Waals surface area contributed by atoms with Gasteiger partial charge in [0.15, 0.2) is 0 Å². The summed E-state index contributed by atoms with van der Waals surface area (Å²) in [7, 11) is 0. The Morgan fingerprint density at radius 2 is 1.92 bits per heavy atom. The van der Waals surface area contributed by atoms with E-state index in [1.807, 2.05) is 6.92 Å². The van der Waals surface area contributed by atoms with Crippen LogP contribution in [0.1, 0.15) is 31.7 Å². The van der Waals surface area contributed by atoms with Gasteiger partial charge in [-0.05, 0) is 18.6 Å². The van der Waals surface area contributed by atoms with Crippen LogP contribution in [0, 0.1) is 0 Å². The SMILES string of the molecule is CCCCC(F)(F)c1ccncc1. The van der Waals surface area contributed by atoms with E-state index in [1.165, 1.54) is 24.5 Å². The normalized spacial score (nSPS) is 11.6. The molecule has 72 valence electrons. The van der Waals surface area contributed by atoms with E-state index in [2.05, 4.69) is 4.98 Å². The van der Waals surface area contributed by atoms with E-state index in [0.29, 0.717) is 6.42 Å². The molecule has 0 fully saturated rings. The van der Waals surface area contributed by atoms with Crippen LogP contribution >= 0.6 is 0 Å². The first kappa shape index (κ1) is 10.1. The van der Waals surface area contributed by atoms with Crippen LogP contribution in [0.5, 0.6) is 0 Å². The van der Waals surface area contributed by atoms with Crippen molar-refractivity contribution < 1.29 is 8.78 Å². The van der Waals surface area contributed by atoms with Crippen LogP contribution in [-0.2, 0) is 5.92 Å². The minimum Gasteiger partial charge on any atom is -0.265 e. The molecule has 1 aromatic rings. The van der Waals surface area contributed by atoms with Gasteiger partial charge in [-0.3, -0.25) is 4.98 Å². The molecule has 0 aliphatic carbocycles. The van der Waals surface area contributed by atoms with E-state index in [9.17, 15) is 8.78 Å². The van der Waals surface area contributed by atoms with E-state index in [-0.39, 0.29) is 12.0 Å². The number of aromatic nitrogens is 1. The van der Waals surface area contributed by atoms with Crippen LogP contribution in [0.4, 0.5) is 8.78 Å². The maximum absolute atomic E-state index is 13.3. The number of alkyl halides is 2. The first-order chi connectivity index (χ1) is 6.17. The van der Waals surface area contributed by atoms with Gasteiger partial charge in [0.05, 0.1) is 0 Å². The molecule has 0 amide bonds. The molecule has 0 saturated heterocycles. The molecule has 0 saturated carbocycles. The van der Waals surface area contributed by atoms with Crippen molar-refractivity contribution in [3.63, 3.8) is 0 Å². The lowest BCUT2D eigenvalue weighted by atomic mass is 10.0. The first-order valence-electron chi connectivity index (χ1n) is 4.45. The molecule has 0 aliphatic heterocycles. The molecule has 3 heteroatoms. The summed E-state index contributed by atoms with van der Waals surface area (Å²) in [6.45, 7) is 1.91. The first-order valence-corrected chi connectivity index (χ1v) is 4.45. The standard InChI is InChI=1S/C10H13F2N/c1-2-3-6-10(11,12)9-4-7-13-8-5-9/h4-5,7-8H,2-3,6H2,1H3. The fourth-order valence-electron chi connectivity index (χ4n) is 1.14. The van der Waals surface area contributed by atoms with Crippen molar-refractivity contribution in [3.8, 4) is 0 Å². The number of pyridine rings is 1. The molecule has 1 aromatic heterocycles. The fourth-order valence-corrected chi connectivity index (χ4v) is 1.14. The number of halogens is 2. The Labute approximate surface area is 76.8 Å². The van der Waals surface area contributed by atoms with Crippen molar-refractivity contribution in [2.45, 2.75) is 32.1 Å². The van der Waals surface area contributed by atoms with Crippen molar-refractivity contribution in [1.82, 2.24) is 4.98 Å². The van der Waals surface area contributed by atoms with Crippen LogP contribution in [0.25, 0.3) is 0 Å². The summed E-state index contributed by atoms with van der Waals surface area (Å²) in [5.41, 5.74) is 0.0657. The third kappa shape index (κ3) is 2.76. The molecule has 0 spiro atoms. The Bertz CT molecular complexity index is 246. The number of unbranched alkanes of at least 4 members (excludes halogenated alkanes) is 1. The van der Waals surface area contributed by atoms with Gasteiger partial charge in [-0.25, -0.2) is 8.78 Å². The monoisotopic (exact) mass is 185 g/mol. The molecule has 0 N–H and O–H groups in total. The van der Waals surface area contributed by atoms with Gasteiger partial charge in [0, 0.05) is 24.4 Å². The quantitative estimate of drug-likeness (QED) is 0.700. The van der Waals surface area contributed by atoms with E-state index >= 15 is 0 Å². The Morgan fingerprint density at radius 1 is 1.31 bits per heavy atom. The van der Waals surface area contributed by atoms with Crippen LogP contribution < -0.4 is 0 Å². The minimum absolute atomic E-state index is 0.0657. The van der Waals surface area contributed by atoms with Gasteiger partial charge in [-0.2, -0.15) is 0 Å². The molecular formula is C10H13F2N. The predicted octanol–water partition coefficient (Wildman–Crippen LogP) is 3.36. The zero-order valence-electron chi connectivity index (χ0n) is 7.63. The highest BCUT2D eigenvalue weighted by Gasteiger charge is 2.29. The van der Waals surface area contributed by atoms with Crippen molar-refractivity contribution >= 4 is 0 Å². The van der Waals surface area contributed by atoms with E-state index in [4.69, 9.17) is 0 Å². The summed E-state index contributed by atoms with van der Waals surface area (Å²) in [4.78, 5) is 3.71. The van der Waals surface area contributed by atoms with Crippen LogP contribution in [0.15, 0.2) is 24.5 Å². The van der Waals surface area contributed by atoms with E-state index < -0.39 is 5.92 Å². The zero-order valence-corrected chi connectivity index (χ0v) is 7.63. The van der Waals surface area contributed by atoms with Gasteiger partial charge < -0.3 is 0 Å². The molecule has 0 aliphatic rings. The van der Waals surface area contributed by atoms with Gasteiger partial charge >= 0.3 is 0 Å². The lowest BCUT2D eigenvalue weighted by Gasteiger charge is -2.15. The molecule has 0 aromatic carbocycles. The summed E-state index contributed by atoms with van der Waals surface area (Å²) < 4.78 is 26.6. The molecule has 0 radical (unpaired) electrons. The topological polar surface area (TPSA) is 12.9 Å². The minimum atomic E-state index is -2.70. The second-order valence-corrected chi connectivity index (χ2v) is 3.04. The number of nitrogens with zero attached hydrogens (tertiary/aromatic N) is 1. The van der Waals surface area contributed by atoms with Crippen LogP contribution in [0.2, 0.25) is 0 Å². The third-order valence-electron chi connectivity index (χ3n) is 1.95. The smallest absolute Gasteiger partial charge is 0.265 e. The second-order valence-electron chi connectivity index (χ2n) is 3.04.